The van der Waals surface area contributed by atoms with Crippen LogP contribution < -0.4 is 0 Å². The first-order valence-corrected chi connectivity index (χ1v) is 6.27. The van der Waals surface area contributed by atoms with Crippen molar-refractivity contribution in [1.82, 2.24) is 4.90 Å². The van der Waals surface area contributed by atoms with E-state index in [1.807, 2.05) is 4.90 Å². The summed E-state index contributed by atoms with van der Waals surface area (Å²) in [7, 11) is 0. The van der Waals surface area contributed by atoms with Gasteiger partial charge >= 0.3 is 5.97 Å². The fourth-order valence-corrected chi connectivity index (χ4v) is 2.88. The topological polar surface area (TPSA) is 66.8 Å². The number of carboxylic acids is 1. The first kappa shape index (κ1) is 11.0. The van der Waals surface area contributed by atoms with Gasteiger partial charge in [-0.3, -0.25) is 9.59 Å². The molecule has 1 heterocycles. The van der Waals surface area contributed by atoms with E-state index in [0.717, 1.165) is 12.8 Å². The standard InChI is InChI=1S/C12H17NO4/c14-10(8-6-9(8)11(15)16)13-4-5-17-12(7-13)2-1-3-12/h8-9H,1-7H2,(H,15,16). The van der Waals surface area contributed by atoms with Crippen LogP contribution in [-0.4, -0.2) is 47.2 Å². The molecule has 0 radical (unpaired) electrons. The maximum Gasteiger partial charge on any atom is 0.307 e. The molecule has 2 saturated carbocycles. The fraction of sp³-hybridized carbons (Fsp3) is 0.833. The molecule has 1 N–H and O–H groups in total. The maximum atomic E-state index is 12.1. The molecule has 2 atom stereocenters. The van der Waals surface area contributed by atoms with Crippen molar-refractivity contribution >= 4 is 11.9 Å². The Hall–Kier alpha value is -1.10. The Morgan fingerprint density at radius 1 is 1.29 bits per heavy atom. The molecular formula is C12H17NO4. The van der Waals surface area contributed by atoms with Gasteiger partial charge in [0.1, 0.15) is 0 Å². The molecule has 2 aliphatic carbocycles. The van der Waals surface area contributed by atoms with Crippen molar-refractivity contribution in [2.24, 2.45) is 11.8 Å². The number of hydrogen-bond donors (Lipinski definition) is 1. The van der Waals surface area contributed by atoms with Gasteiger partial charge in [0.25, 0.3) is 0 Å². The van der Waals surface area contributed by atoms with Crippen LogP contribution in [0.1, 0.15) is 25.7 Å². The van der Waals surface area contributed by atoms with E-state index < -0.39 is 11.9 Å². The molecule has 0 aromatic carbocycles. The number of nitrogens with zero attached hydrogens (tertiary/aromatic N) is 1. The Labute approximate surface area is 99.7 Å². The third-order valence-electron chi connectivity index (χ3n) is 4.25. The molecule has 17 heavy (non-hydrogen) atoms. The Morgan fingerprint density at radius 2 is 2.06 bits per heavy atom. The molecule has 1 amide bonds. The number of morpholine rings is 1. The van der Waals surface area contributed by atoms with Gasteiger partial charge in [-0.15, -0.1) is 0 Å². The number of aliphatic carboxylic acids is 1. The Morgan fingerprint density at radius 3 is 2.59 bits per heavy atom. The number of carbonyl (C=O) groups excluding carboxylic acids is 1. The predicted molar refractivity (Wildman–Crippen MR) is 58.3 cm³/mol. The summed E-state index contributed by atoms with van der Waals surface area (Å²) in [6.07, 6.45) is 3.75. The van der Waals surface area contributed by atoms with Crippen LogP contribution in [0.2, 0.25) is 0 Å². The summed E-state index contributed by atoms with van der Waals surface area (Å²) in [5.74, 6) is -1.53. The molecule has 5 heteroatoms. The molecule has 1 aliphatic heterocycles. The normalized spacial score (nSPS) is 34.2. The summed E-state index contributed by atoms with van der Waals surface area (Å²) in [6, 6.07) is 0. The van der Waals surface area contributed by atoms with Crippen molar-refractivity contribution in [1.29, 1.82) is 0 Å². The Balaban J connectivity index is 1.61. The van der Waals surface area contributed by atoms with Gasteiger partial charge in [-0.05, 0) is 25.7 Å². The molecule has 0 bridgehead atoms. The van der Waals surface area contributed by atoms with Crippen molar-refractivity contribution < 1.29 is 19.4 Å². The van der Waals surface area contributed by atoms with E-state index in [-0.39, 0.29) is 17.4 Å². The van der Waals surface area contributed by atoms with E-state index in [0.29, 0.717) is 26.1 Å². The van der Waals surface area contributed by atoms with E-state index in [4.69, 9.17) is 9.84 Å². The lowest BCUT2D eigenvalue weighted by Crippen LogP contribution is -2.57. The second kappa shape index (κ2) is 3.70. The highest BCUT2D eigenvalue weighted by atomic mass is 16.5. The Kier molecular flexibility index (Phi) is 2.40. The summed E-state index contributed by atoms with van der Waals surface area (Å²) >= 11 is 0. The molecule has 94 valence electrons. The monoisotopic (exact) mass is 239 g/mol. The molecule has 1 spiro atoms. The summed E-state index contributed by atoms with van der Waals surface area (Å²) in [5.41, 5.74) is -0.0957. The summed E-state index contributed by atoms with van der Waals surface area (Å²) in [5, 5.41) is 8.84. The average molecular weight is 239 g/mol. The molecule has 5 nitrogen and oxygen atoms in total. The smallest absolute Gasteiger partial charge is 0.307 e. The van der Waals surface area contributed by atoms with Crippen LogP contribution in [0, 0.1) is 11.8 Å². The Bertz CT molecular complexity index is 364. The predicted octanol–water partition coefficient (Wildman–Crippen LogP) is 0.489. The largest absolute Gasteiger partial charge is 0.481 e. The van der Waals surface area contributed by atoms with Crippen LogP contribution in [0.3, 0.4) is 0 Å². The third kappa shape index (κ3) is 1.82. The summed E-state index contributed by atoms with van der Waals surface area (Å²) in [6.45, 7) is 1.87. The molecule has 2 unspecified atom stereocenters. The van der Waals surface area contributed by atoms with Crippen molar-refractivity contribution in [2.75, 3.05) is 19.7 Å². The number of carbonyl (C=O) groups is 2. The number of hydrogen-bond acceptors (Lipinski definition) is 3. The van der Waals surface area contributed by atoms with Crippen molar-refractivity contribution in [3.8, 4) is 0 Å². The van der Waals surface area contributed by atoms with Gasteiger partial charge in [0.05, 0.1) is 24.0 Å². The number of ether oxygens (including phenoxy) is 1. The zero-order valence-electron chi connectivity index (χ0n) is 9.72. The van der Waals surface area contributed by atoms with Crippen LogP contribution in [0.4, 0.5) is 0 Å². The van der Waals surface area contributed by atoms with Gasteiger partial charge in [-0.1, -0.05) is 0 Å². The first-order valence-electron chi connectivity index (χ1n) is 6.27. The van der Waals surface area contributed by atoms with E-state index in [1.54, 1.807) is 0 Å². The summed E-state index contributed by atoms with van der Waals surface area (Å²) < 4.78 is 5.75. The van der Waals surface area contributed by atoms with Gasteiger partial charge < -0.3 is 14.7 Å². The molecule has 0 aromatic heterocycles. The molecule has 3 rings (SSSR count). The fourth-order valence-electron chi connectivity index (χ4n) is 2.88. The van der Waals surface area contributed by atoms with E-state index in [9.17, 15) is 9.59 Å². The number of carboxylic acid groups (broad SMARTS) is 1. The van der Waals surface area contributed by atoms with Gasteiger partial charge in [-0.2, -0.15) is 0 Å². The SMILES string of the molecule is O=C(O)C1CC1C(=O)N1CCOC2(CCC2)C1. The minimum Gasteiger partial charge on any atom is -0.481 e. The lowest BCUT2D eigenvalue weighted by molar-refractivity contribution is -0.169. The average Bonchev–Trinajstić information content (AvgIpc) is 3.06. The third-order valence-corrected chi connectivity index (χ3v) is 4.25. The van der Waals surface area contributed by atoms with Gasteiger partial charge in [0.2, 0.25) is 5.91 Å². The second-order valence-corrected chi connectivity index (χ2v) is 5.43. The zero-order chi connectivity index (χ0) is 12.0. The number of rotatable bonds is 2. The van der Waals surface area contributed by atoms with Crippen LogP contribution in [0.15, 0.2) is 0 Å². The minimum atomic E-state index is -0.838. The van der Waals surface area contributed by atoms with Crippen molar-refractivity contribution in [2.45, 2.75) is 31.3 Å². The lowest BCUT2D eigenvalue weighted by Gasteiger charge is -2.48. The minimum absolute atomic E-state index is 0.0203. The van der Waals surface area contributed by atoms with Crippen molar-refractivity contribution in [3.63, 3.8) is 0 Å². The highest BCUT2D eigenvalue weighted by molar-refractivity contribution is 5.89. The zero-order valence-corrected chi connectivity index (χ0v) is 9.72. The van der Waals surface area contributed by atoms with Gasteiger partial charge in [0.15, 0.2) is 0 Å². The van der Waals surface area contributed by atoms with Crippen LogP contribution >= 0.6 is 0 Å². The van der Waals surface area contributed by atoms with Gasteiger partial charge in [0, 0.05) is 13.1 Å². The first-order chi connectivity index (χ1) is 8.11. The molecule has 0 aromatic rings. The van der Waals surface area contributed by atoms with E-state index >= 15 is 0 Å². The maximum absolute atomic E-state index is 12.1. The second-order valence-electron chi connectivity index (χ2n) is 5.43. The van der Waals surface area contributed by atoms with Gasteiger partial charge in [-0.25, -0.2) is 0 Å². The van der Waals surface area contributed by atoms with E-state index in [1.165, 1.54) is 6.42 Å². The highest BCUT2D eigenvalue weighted by Gasteiger charge is 2.52. The van der Waals surface area contributed by atoms with Crippen molar-refractivity contribution in [3.05, 3.63) is 0 Å². The summed E-state index contributed by atoms with van der Waals surface area (Å²) in [4.78, 5) is 24.7. The highest BCUT2D eigenvalue weighted by Crippen LogP contribution is 2.43. The van der Waals surface area contributed by atoms with Crippen LogP contribution in [-0.2, 0) is 14.3 Å². The quantitative estimate of drug-likeness (QED) is 0.761. The molecule has 3 fully saturated rings. The lowest BCUT2D eigenvalue weighted by atomic mass is 9.79. The van der Waals surface area contributed by atoms with Crippen LogP contribution in [0.25, 0.3) is 0 Å². The van der Waals surface area contributed by atoms with Crippen LogP contribution in [0.5, 0.6) is 0 Å². The van der Waals surface area contributed by atoms with E-state index in [2.05, 4.69) is 0 Å². The molecule has 1 saturated heterocycles. The molecule has 3 aliphatic rings. The number of amides is 1. The molecular weight excluding hydrogens is 222 g/mol.